The van der Waals surface area contributed by atoms with Gasteiger partial charge in [-0.1, -0.05) is 26.8 Å². The number of nitrogens with one attached hydrogen (secondary N) is 2. The van der Waals surface area contributed by atoms with Crippen LogP contribution in [0.15, 0.2) is 12.7 Å². The van der Waals surface area contributed by atoms with Gasteiger partial charge in [0.25, 0.3) is 0 Å². The van der Waals surface area contributed by atoms with Crippen molar-refractivity contribution < 1.29 is 28.6 Å². The van der Waals surface area contributed by atoms with Crippen molar-refractivity contribution in [2.24, 2.45) is 11.3 Å². The van der Waals surface area contributed by atoms with E-state index in [9.17, 15) is 23.8 Å². The molecule has 2 saturated carbocycles. The number of nitrogens with zero attached hydrogens (tertiary/aromatic N) is 1. The second-order valence-corrected chi connectivity index (χ2v) is 11.8. The lowest BCUT2D eigenvalue weighted by Gasteiger charge is -2.35. The van der Waals surface area contributed by atoms with Crippen LogP contribution in [0.2, 0.25) is 0 Å². The van der Waals surface area contributed by atoms with Gasteiger partial charge >= 0.3 is 6.09 Å². The average molecular weight is 470 g/mol. The van der Waals surface area contributed by atoms with Gasteiger partial charge in [-0.15, -0.1) is 6.58 Å². The maximum absolute atomic E-state index is 13.5. The maximum atomic E-state index is 13.5. The minimum atomic E-state index is -3.02. The molecule has 0 radical (unpaired) electrons. The summed E-state index contributed by atoms with van der Waals surface area (Å²) in [6.45, 7) is 9.59. The zero-order chi connectivity index (χ0) is 23.7. The summed E-state index contributed by atoms with van der Waals surface area (Å²) in [4.78, 5) is 50.2. The summed E-state index contributed by atoms with van der Waals surface area (Å²) in [7, 11) is -3.02. The Morgan fingerprint density at radius 2 is 1.88 bits per heavy atom. The van der Waals surface area contributed by atoms with Crippen LogP contribution in [0.4, 0.5) is 4.79 Å². The lowest BCUT2D eigenvalue weighted by molar-refractivity contribution is -0.142. The van der Waals surface area contributed by atoms with Crippen molar-refractivity contribution in [2.45, 2.75) is 89.2 Å². The number of hydrogen-bond acceptors (Lipinski definition) is 5. The molecule has 1 unspecified atom stereocenters. The van der Waals surface area contributed by atoms with Gasteiger partial charge < -0.3 is 25.2 Å². The lowest BCUT2D eigenvalue weighted by atomic mass is 9.85. The highest BCUT2D eigenvalue weighted by molar-refractivity contribution is 7.40. The highest BCUT2D eigenvalue weighted by atomic mass is 31.1. The van der Waals surface area contributed by atoms with Gasteiger partial charge in [-0.25, -0.2) is 4.79 Å². The zero-order valence-electron chi connectivity index (χ0n) is 19.2. The number of alkyl carbamates (subject to hydrolysis) is 1. The molecule has 0 aromatic heterocycles. The van der Waals surface area contributed by atoms with Crippen LogP contribution in [0.1, 0.15) is 65.7 Å². The van der Waals surface area contributed by atoms with Crippen molar-refractivity contribution >= 4 is 25.9 Å². The molecule has 32 heavy (non-hydrogen) atoms. The fraction of sp³-hybridized carbons (Fsp3) is 0.773. The third-order valence-corrected chi connectivity index (χ3v) is 8.28. The smallest absolute Gasteiger partial charge is 0.408 e. The van der Waals surface area contributed by atoms with E-state index in [2.05, 4.69) is 17.2 Å². The quantitative estimate of drug-likeness (QED) is 0.389. The topological polar surface area (TPSA) is 125 Å². The summed E-state index contributed by atoms with van der Waals surface area (Å²) in [5.74, 6) is -1.03. The van der Waals surface area contributed by atoms with E-state index in [1.54, 1.807) is 6.08 Å². The number of hydrogen-bond donors (Lipinski definition) is 3. The highest BCUT2D eigenvalue weighted by Gasteiger charge is 2.59. The van der Waals surface area contributed by atoms with Crippen LogP contribution in [0.25, 0.3) is 0 Å². The average Bonchev–Trinajstić information content (AvgIpc) is 3.06. The number of amides is 3. The summed E-state index contributed by atoms with van der Waals surface area (Å²) < 4.78 is 17.4. The van der Waals surface area contributed by atoms with Crippen LogP contribution < -0.4 is 10.6 Å². The van der Waals surface area contributed by atoms with Gasteiger partial charge in [0.2, 0.25) is 19.8 Å². The number of carbonyl (C=O) groups excluding carboxylic acids is 3. The Morgan fingerprint density at radius 1 is 1.22 bits per heavy atom. The third-order valence-electron chi connectivity index (χ3n) is 6.82. The molecular weight excluding hydrogens is 433 g/mol. The van der Waals surface area contributed by atoms with E-state index >= 15 is 0 Å². The standard InChI is InChI=1S/C22H36N3O6P/c1-5-14-13-22(14,32(29)30)24-18(26)16-11-8-12-25(16)19(27)17(21(2,3)4)23-20(28)31-15-9-6-7-10-15/h5,14-17,32H,1,6-13H2,2-4H3,(H,23,28)(H,24,26)(H,29,30)/t14-,16+,17-,22+/m1/s1. The van der Waals surface area contributed by atoms with Crippen molar-refractivity contribution in [3.05, 3.63) is 12.7 Å². The first-order valence-electron chi connectivity index (χ1n) is 11.4. The summed E-state index contributed by atoms with van der Waals surface area (Å²) >= 11 is 0. The van der Waals surface area contributed by atoms with Gasteiger partial charge in [-0.2, -0.15) is 0 Å². The molecule has 9 nitrogen and oxygen atoms in total. The first-order valence-corrected chi connectivity index (χ1v) is 12.8. The Hall–Kier alpha value is -1.86. The Morgan fingerprint density at radius 3 is 2.41 bits per heavy atom. The number of rotatable bonds is 7. The molecule has 180 valence electrons. The number of carbonyl (C=O) groups is 3. The van der Waals surface area contributed by atoms with E-state index in [4.69, 9.17) is 4.74 Å². The second-order valence-electron chi connectivity index (χ2n) is 10.3. The van der Waals surface area contributed by atoms with E-state index in [0.717, 1.165) is 25.7 Å². The molecule has 3 fully saturated rings. The van der Waals surface area contributed by atoms with E-state index < -0.39 is 42.8 Å². The van der Waals surface area contributed by atoms with Gasteiger partial charge in [-0.05, 0) is 50.4 Å². The Labute approximate surface area is 190 Å². The molecule has 0 bridgehead atoms. The van der Waals surface area contributed by atoms with Gasteiger partial charge in [0, 0.05) is 12.5 Å². The van der Waals surface area contributed by atoms with Gasteiger partial charge in [-0.3, -0.25) is 14.2 Å². The van der Waals surface area contributed by atoms with Gasteiger partial charge in [0.05, 0.1) is 0 Å². The Kier molecular flexibility index (Phi) is 7.40. The van der Waals surface area contributed by atoms with Crippen LogP contribution in [0, 0.1) is 11.3 Å². The Balaban J connectivity index is 1.69. The van der Waals surface area contributed by atoms with Crippen molar-refractivity contribution in [3.8, 4) is 0 Å². The summed E-state index contributed by atoms with van der Waals surface area (Å²) in [5, 5.41) is 4.30. The van der Waals surface area contributed by atoms with Crippen LogP contribution in [-0.2, 0) is 18.9 Å². The summed E-state index contributed by atoms with van der Waals surface area (Å²) in [5.41, 5.74) is -0.600. The monoisotopic (exact) mass is 469 g/mol. The molecule has 1 aliphatic heterocycles. The van der Waals surface area contributed by atoms with E-state index in [1.807, 2.05) is 20.8 Å². The minimum Gasteiger partial charge on any atom is -0.446 e. The predicted molar refractivity (Wildman–Crippen MR) is 120 cm³/mol. The molecule has 1 saturated heterocycles. The largest absolute Gasteiger partial charge is 0.446 e. The van der Waals surface area contributed by atoms with E-state index in [1.165, 1.54) is 4.90 Å². The Bertz CT molecular complexity index is 791. The molecule has 0 spiro atoms. The van der Waals surface area contributed by atoms with Crippen LogP contribution in [-0.4, -0.2) is 57.7 Å². The fourth-order valence-electron chi connectivity index (χ4n) is 4.75. The fourth-order valence-corrected chi connectivity index (χ4v) is 5.81. The highest BCUT2D eigenvalue weighted by Crippen LogP contribution is 2.58. The second kappa shape index (κ2) is 9.56. The molecule has 3 rings (SSSR count). The number of ether oxygens (including phenoxy) is 1. The SMILES string of the molecule is C=C[C@@H]1C[C@]1(NC(=O)[C@@H]1CCCN1C(=O)[C@@H](NC(=O)OC1CCCC1)C(C)(C)C)[PH](=O)O. The zero-order valence-corrected chi connectivity index (χ0v) is 20.2. The van der Waals surface area contributed by atoms with E-state index in [-0.39, 0.29) is 17.9 Å². The van der Waals surface area contributed by atoms with Crippen molar-refractivity contribution in [3.63, 3.8) is 0 Å². The summed E-state index contributed by atoms with van der Waals surface area (Å²) in [6.07, 6.45) is 6.02. The first kappa shape index (κ1) is 24.8. The molecule has 2 aliphatic carbocycles. The molecule has 5 atom stereocenters. The van der Waals surface area contributed by atoms with Gasteiger partial charge in [0.15, 0.2) is 0 Å². The van der Waals surface area contributed by atoms with Crippen molar-refractivity contribution in [2.75, 3.05) is 6.54 Å². The molecule has 0 aromatic rings. The van der Waals surface area contributed by atoms with E-state index in [0.29, 0.717) is 25.8 Å². The van der Waals surface area contributed by atoms with Crippen LogP contribution >= 0.6 is 8.03 Å². The molecule has 3 N–H and O–H groups in total. The van der Waals surface area contributed by atoms with Gasteiger partial charge in [0.1, 0.15) is 23.5 Å². The first-order chi connectivity index (χ1) is 15.0. The lowest BCUT2D eigenvalue weighted by Crippen LogP contribution is -2.58. The molecule has 3 aliphatic rings. The summed E-state index contributed by atoms with van der Waals surface area (Å²) in [6, 6.07) is -1.61. The predicted octanol–water partition coefficient (Wildman–Crippen LogP) is 2.55. The van der Waals surface area contributed by atoms with Crippen LogP contribution in [0.5, 0.6) is 0 Å². The number of likely N-dealkylation sites (tertiary alicyclic amines) is 1. The molecule has 1 heterocycles. The molecule has 3 amide bonds. The maximum Gasteiger partial charge on any atom is 0.408 e. The van der Waals surface area contributed by atoms with Crippen LogP contribution in [0.3, 0.4) is 0 Å². The van der Waals surface area contributed by atoms with Crippen molar-refractivity contribution in [1.29, 1.82) is 0 Å². The molecular formula is C22H36N3O6P. The third kappa shape index (κ3) is 5.20. The normalized spacial score (nSPS) is 29.8. The minimum absolute atomic E-state index is 0.120. The molecule has 0 aromatic carbocycles. The van der Waals surface area contributed by atoms with Crippen molar-refractivity contribution in [1.82, 2.24) is 15.5 Å². The molecule has 10 heteroatoms.